The SMILES string of the molecule is CCCn1nc2c(C(F)(F)F)cccc2c1-c1ccc(O)cc1O. The summed E-state index contributed by atoms with van der Waals surface area (Å²) in [5, 5.41) is 24.0. The number of alkyl halides is 3. The fraction of sp³-hybridized carbons (Fsp3) is 0.235. The standard InChI is InChI=1S/C17H15F3N2O2/c1-2-8-22-16(11-7-6-10(23)9-14(11)24)12-4-3-5-13(15(12)21-22)17(18,19)20/h3-7,9,23-24H,2,8H2,1H3. The van der Waals surface area contributed by atoms with E-state index in [0.717, 1.165) is 12.1 Å². The summed E-state index contributed by atoms with van der Waals surface area (Å²) < 4.78 is 41.2. The number of halogens is 3. The van der Waals surface area contributed by atoms with E-state index in [1.165, 1.54) is 22.9 Å². The molecule has 0 unspecified atom stereocenters. The van der Waals surface area contributed by atoms with E-state index in [1.807, 2.05) is 6.92 Å². The third-order valence-electron chi connectivity index (χ3n) is 3.75. The lowest BCUT2D eigenvalue weighted by atomic mass is 10.0. The van der Waals surface area contributed by atoms with Crippen LogP contribution >= 0.6 is 0 Å². The van der Waals surface area contributed by atoms with E-state index in [2.05, 4.69) is 5.10 Å². The highest BCUT2D eigenvalue weighted by Crippen LogP contribution is 2.40. The Labute approximate surface area is 135 Å². The molecule has 0 aliphatic carbocycles. The van der Waals surface area contributed by atoms with Crippen molar-refractivity contribution in [3.05, 3.63) is 42.0 Å². The lowest BCUT2D eigenvalue weighted by molar-refractivity contribution is -0.136. The van der Waals surface area contributed by atoms with Crippen molar-refractivity contribution in [3.8, 4) is 22.8 Å². The summed E-state index contributed by atoms with van der Waals surface area (Å²) in [5.41, 5.74) is -0.242. The monoisotopic (exact) mass is 336 g/mol. The Morgan fingerprint density at radius 1 is 1.12 bits per heavy atom. The number of fused-ring (bicyclic) bond motifs is 1. The van der Waals surface area contributed by atoms with Crippen molar-refractivity contribution in [1.82, 2.24) is 9.78 Å². The van der Waals surface area contributed by atoms with Crippen LogP contribution in [-0.2, 0) is 12.7 Å². The van der Waals surface area contributed by atoms with E-state index >= 15 is 0 Å². The van der Waals surface area contributed by atoms with Crippen LogP contribution in [-0.4, -0.2) is 20.0 Å². The summed E-state index contributed by atoms with van der Waals surface area (Å²) in [6.45, 7) is 2.29. The summed E-state index contributed by atoms with van der Waals surface area (Å²) in [6.07, 6.45) is -3.85. The van der Waals surface area contributed by atoms with E-state index < -0.39 is 11.7 Å². The zero-order valence-electron chi connectivity index (χ0n) is 12.8. The largest absolute Gasteiger partial charge is 0.508 e. The Kier molecular flexibility index (Phi) is 3.87. The summed E-state index contributed by atoms with van der Waals surface area (Å²) in [7, 11) is 0. The minimum atomic E-state index is -4.51. The van der Waals surface area contributed by atoms with Crippen molar-refractivity contribution in [1.29, 1.82) is 0 Å². The van der Waals surface area contributed by atoms with Gasteiger partial charge in [-0.05, 0) is 24.6 Å². The molecule has 0 saturated carbocycles. The molecule has 0 fully saturated rings. The van der Waals surface area contributed by atoms with E-state index in [0.29, 0.717) is 29.6 Å². The fourth-order valence-corrected chi connectivity index (χ4v) is 2.76. The molecule has 4 nitrogen and oxygen atoms in total. The van der Waals surface area contributed by atoms with Crippen LogP contribution < -0.4 is 0 Å². The molecule has 0 saturated heterocycles. The third kappa shape index (κ3) is 2.66. The summed E-state index contributed by atoms with van der Waals surface area (Å²) in [5.74, 6) is -0.343. The molecule has 3 aromatic rings. The molecule has 1 aromatic heterocycles. The lowest BCUT2D eigenvalue weighted by Gasteiger charge is -2.09. The molecule has 0 spiro atoms. The van der Waals surface area contributed by atoms with Crippen molar-refractivity contribution in [2.75, 3.05) is 0 Å². The molecule has 7 heteroatoms. The number of hydrogen-bond donors (Lipinski definition) is 2. The number of aryl methyl sites for hydroxylation is 1. The molecule has 0 amide bonds. The number of phenols is 2. The summed E-state index contributed by atoms with van der Waals surface area (Å²) in [4.78, 5) is 0. The van der Waals surface area contributed by atoms with E-state index in [4.69, 9.17) is 0 Å². The van der Waals surface area contributed by atoms with Crippen LogP contribution in [0.25, 0.3) is 22.2 Å². The topological polar surface area (TPSA) is 58.3 Å². The maximum absolute atomic E-state index is 13.2. The van der Waals surface area contributed by atoms with Crippen molar-refractivity contribution in [3.63, 3.8) is 0 Å². The second-order valence-corrected chi connectivity index (χ2v) is 5.47. The molecule has 2 N–H and O–H groups in total. The first-order valence-electron chi connectivity index (χ1n) is 7.42. The third-order valence-corrected chi connectivity index (χ3v) is 3.75. The Hall–Kier alpha value is -2.70. The second kappa shape index (κ2) is 5.74. The van der Waals surface area contributed by atoms with Crippen molar-refractivity contribution in [2.24, 2.45) is 0 Å². The van der Waals surface area contributed by atoms with Gasteiger partial charge < -0.3 is 10.2 Å². The van der Waals surface area contributed by atoms with Crippen LogP contribution in [0.1, 0.15) is 18.9 Å². The molecule has 0 radical (unpaired) electrons. The molecule has 3 rings (SSSR count). The minimum absolute atomic E-state index is 0.127. The van der Waals surface area contributed by atoms with Gasteiger partial charge in [-0.2, -0.15) is 18.3 Å². The van der Waals surface area contributed by atoms with Crippen molar-refractivity contribution < 1.29 is 23.4 Å². The summed E-state index contributed by atoms with van der Waals surface area (Å²) >= 11 is 0. The van der Waals surface area contributed by atoms with Gasteiger partial charge in [-0.3, -0.25) is 4.68 Å². The van der Waals surface area contributed by atoms with E-state index in [-0.39, 0.29) is 17.0 Å². The molecule has 0 aliphatic rings. The van der Waals surface area contributed by atoms with Crippen LogP contribution in [0, 0.1) is 0 Å². The van der Waals surface area contributed by atoms with Crippen molar-refractivity contribution in [2.45, 2.75) is 26.1 Å². The van der Waals surface area contributed by atoms with Gasteiger partial charge in [0.25, 0.3) is 0 Å². The molecule has 126 valence electrons. The number of benzene rings is 2. The van der Waals surface area contributed by atoms with E-state index in [1.54, 1.807) is 6.07 Å². The first-order chi connectivity index (χ1) is 11.3. The molecular weight excluding hydrogens is 321 g/mol. The minimum Gasteiger partial charge on any atom is -0.508 e. The first-order valence-corrected chi connectivity index (χ1v) is 7.42. The first kappa shape index (κ1) is 16.2. The quantitative estimate of drug-likeness (QED) is 0.738. The second-order valence-electron chi connectivity index (χ2n) is 5.47. The molecule has 24 heavy (non-hydrogen) atoms. The maximum Gasteiger partial charge on any atom is 0.418 e. The Balaban J connectivity index is 2.35. The fourth-order valence-electron chi connectivity index (χ4n) is 2.76. The van der Waals surface area contributed by atoms with Gasteiger partial charge in [0.05, 0.1) is 11.3 Å². The van der Waals surface area contributed by atoms with Crippen LogP contribution in [0.5, 0.6) is 11.5 Å². The van der Waals surface area contributed by atoms with Gasteiger partial charge in [0.1, 0.15) is 17.0 Å². The molecule has 1 heterocycles. The zero-order chi connectivity index (χ0) is 17.5. The molecular formula is C17H15F3N2O2. The normalized spacial score (nSPS) is 12.0. The average molecular weight is 336 g/mol. The Morgan fingerprint density at radius 2 is 1.88 bits per heavy atom. The molecule has 0 atom stereocenters. The van der Waals surface area contributed by atoms with Gasteiger partial charge in [-0.1, -0.05) is 19.1 Å². The Bertz CT molecular complexity index is 901. The van der Waals surface area contributed by atoms with Gasteiger partial charge >= 0.3 is 6.18 Å². The van der Waals surface area contributed by atoms with Crippen LogP contribution in [0.4, 0.5) is 13.2 Å². The van der Waals surface area contributed by atoms with Gasteiger partial charge in [-0.15, -0.1) is 0 Å². The number of aromatic nitrogens is 2. The van der Waals surface area contributed by atoms with Gasteiger partial charge in [0.15, 0.2) is 0 Å². The Morgan fingerprint density at radius 3 is 2.50 bits per heavy atom. The molecule has 0 bridgehead atoms. The predicted octanol–water partition coefficient (Wildman–Crippen LogP) is 4.54. The van der Waals surface area contributed by atoms with Crippen LogP contribution in [0.15, 0.2) is 36.4 Å². The number of phenolic OH excluding ortho intramolecular Hbond substituents is 2. The summed E-state index contributed by atoms with van der Waals surface area (Å²) in [6, 6.07) is 7.85. The number of aromatic hydroxyl groups is 2. The van der Waals surface area contributed by atoms with Crippen molar-refractivity contribution >= 4 is 10.9 Å². The predicted molar refractivity (Wildman–Crippen MR) is 83.8 cm³/mol. The van der Waals surface area contributed by atoms with Crippen LogP contribution in [0.2, 0.25) is 0 Å². The number of rotatable bonds is 3. The van der Waals surface area contributed by atoms with Gasteiger partial charge in [0, 0.05) is 23.6 Å². The number of nitrogens with zero attached hydrogens (tertiary/aromatic N) is 2. The lowest BCUT2D eigenvalue weighted by Crippen LogP contribution is -2.06. The highest BCUT2D eigenvalue weighted by Gasteiger charge is 2.34. The van der Waals surface area contributed by atoms with Crippen LogP contribution in [0.3, 0.4) is 0 Å². The van der Waals surface area contributed by atoms with Gasteiger partial charge in [-0.25, -0.2) is 0 Å². The van der Waals surface area contributed by atoms with Gasteiger partial charge in [0.2, 0.25) is 0 Å². The zero-order valence-corrected chi connectivity index (χ0v) is 12.8. The maximum atomic E-state index is 13.2. The van der Waals surface area contributed by atoms with E-state index in [9.17, 15) is 23.4 Å². The highest BCUT2D eigenvalue weighted by molar-refractivity contribution is 5.96. The molecule has 2 aromatic carbocycles. The smallest absolute Gasteiger partial charge is 0.418 e. The number of hydrogen-bond acceptors (Lipinski definition) is 3. The molecule has 0 aliphatic heterocycles. The highest BCUT2D eigenvalue weighted by atomic mass is 19.4. The average Bonchev–Trinajstić information content (AvgIpc) is 2.84.